The lowest BCUT2D eigenvalue weighted by Gasteiger charge is -2.35. The minimum atomic E-state index is -4.50. The van der Waals surface area contributed by atoms with E-state index in [1.54, 1.807) is 18.2 Å². The first kappa shape index (κ1) is 21.4. The Morgan fingerprint density at radius 1 is 1.06 bits per heavy atom. The number of anilines is 1. The van der Waals surface area contributed by atoms with Gasteiger partial charge < -0.3 is 9.80 Å². The molecule has 1 aliphatic rings. The van der Waals surface area contributed by atoms with Gasteiger partial charge in [-0.05, 0) is 23.8 Å². The second-order valence-electron chi connectivity index (χ2n) is 7.31. The number of carbonyl (C=O) groups excluding carboxylic acids is 1. The predicted octanol–water partition coefficient (Wildman–Crippen LogP) is 5.03. The fourth-order valence-electron chi connectivity index (χ4n) is 3.88. The number of carbonyl (C=O) groups is 1. The van der Waals surface area contributed by atoms with Crippen LogP contribution in [0.2, 0.25) is 5.02 Å². The van der Waals surface area contributed by atoms with Gasteiger partial charge in [0.2, 0.25) is 5.91 Å². The zero-order valence-corrected chi connectivity index (χ0v) is 17.5. The molecule has 1 saturated heterocycles. The number of halogens is 4. The van der Waals surface area contributed by atoms with E-state index in [-0.39, 0.29) is 22.1 Å². The summed E-state index contributed by atoms with van der Waals surface area (Å²) in [5, 5.41) is 0.857. The number of amides is 1. The Bertz CT molecular complexity index is 1130. The highest BCUT2D eigenvalue weighted by atomic mass is 35.5. The Morgan fingerprint density at radius 3 is 2.45 bits per heavy atom. The molecule has 9 heteroatoms. The third kappa shape index (κ3) is 4.17. The molecule has 3 aromatic rings. The fraction of sp³-hybridized carbons (Fsp3) is 0.318. The highest BCUT2D eigenvalue weighted by molar-refractivity contribution is 6.34. The number of alkyl halides is 3. The van der Waals surface area contributed by atoms with Gasteiger partial charge in [-0.3, -0.25) is 4.79 Å². The van der Waals surface area contributed by atoms with Crippen molar-refractivity contribution in [1.29, 1.82) is 0 Å². The molecule has 0 N–H and O–H groups in total. The minimum Gasteiger partial charge on any atom is -0.352 e. The predicted molar refractivity (Wildman–Crippen MR) is 114 cm³/mol. The van der Waals surface area contributed by atoms with Gasteiger partial charge in [-0.2, -0.15) is 13.2 Å². The molecule has 2 heterocycles. The zero-order valence-electron chi connectivity index (χ0n) is 16.8. The van der Waals surface area contributed by atoms with Crippen molar-refractivity contribution in [3.05, 3.63) is 53.3 Å². The van der Waals surface area contributed by atoms with Crippen LogP contribution in [0.1, 0.15) is 18.9 Å². The second-order valence-corrected chi connectivity index (χ2v) is 7.72. The zero-order chi connectivity index (χ0) is 22.2. The Balaban J connectivity index is 1.73. The summed E-state index contributed by atoms with van der Waals surface area (Å²) in [7, 11) is 0. The van der Waals surface area contributed by atoms with Gasteiger partial charge in [0.15, 0.2) is 0 Å². The van der Waals surface area contributed by atoms with Crippen LogP contribution in [0.3, 0.4) is 0 Å². The Morgan fingerprint density at radius 2 is 1.77 bits per heavy atom. The Labute approximate surface area is 182 Å². The molecule has 1 amide bonds. The maximum atomic E-state index is 13.5. The molecule has 31 heavy (non-hydrogen) atoms. The number of hydrogen-bond acceptors (Lipinski definition) is 4. The smallest absolute Gasteiger partial charge is 0.352 e. The fourth-order valence-corrected chi connectivity index (χ4v) is 4.14. The van der Waals surface area contributed by atoms with Crippen molar-refractivity contribution >= 4 is 34.2 Å². The number of aromatic nitrogens is 2. The molecule has 0 aliphatic carbocycles. The summed E-state index contributed by atoms with van der Waals surface area (Å²) < 4.78 is 40.5. The van der Waals surface area contributed by atoms with Gasteiger partial charge in [0.25, 0.3) is 0 Å². The summed E-state index contributed by atoms with van der Waals surface area (Å²) in [6, 6.07) is 8.54. The summed E-state index contributed by atoms with van der Waals surface area (Å²) in [6.45, 7) is 4.22. The van der Waals surface area contributed by atoms with E-state index < -0.39 is 11.7 Å². The average molecular weight is 449 g/mol. The van der Waals surface area contributed by atoms with E-state index in [0.717, 1.165) is 6.07 Å². The molecule has 1 fully saturated rings. The SMILES string of the molecule is CCC(=O)N1CCN(c2ncnc3cc(-c4ccccc4C(F)(F)F)c(Cl)cc23)CC1. The van der Waals surface area contributed by atoms with Crippen LogP contribution in [0.15, 0.2) is 42.7 Å². The van der Waals surface area contributed by atoms with Gasteiger partial charge >= 0.3 is 6.18 Å². The van der Waals surface area contributed by atoms with Crippen molar-refractivity contribution in [2.75, 3.05) is 31.1 Å². The standard InChI is InChI=1S/C22H20ClF3N4O/c1-2-20(31)29-7-9-30(10-8-29)21-16-11-18(23)15(12-19(16)27-13-28-21)14-5-3-4-6-17(14)22(24,25)26/h3-6,11-13H,2,7-10H2,1H3. The van der Waals surface area contributed by atoms with Crippen molar-refractivity contribution in [2.24, 2.45) is 0 Å². The van der Waals surface area contributed by atoms with Crippen molar-refractivity contribution in [1.82, 2.24) is 14.9 Å². The van der Waals surface area contributed by atoms with Crippen molar-refractivity contribution in [3.63, 3.8) is 0 Å². The molecule has 4 rings (SSSR count). The van der Waals surface area contributed by atoms with E-state index in [1.165, 1.54) is 18.5 Å². The second kappa shape index (κ2) is 8.34. The van der Waals surface area contributed by atoms with Gasteiger partial charge in [0.05, 0.1) is 11.1 Å². The van der Waals surface area contributed by atoms with Crippen molar-refractivity contribution in [2.45, 2.75) is 19.5 Å². The normalized spacial score (nSPS) is 14.9. The molecule has 0 atom stereocenters. The van der Waals surface area contributed by atoms with Crippen LogP contribution in [0.5, 0.6) is 0 Å². The van der Waals surface area contributed by atoms with E-state index >= 15 is 0 Å². The lowest BCUT2D eigenvalue weighted by atomic mass is 9.98. The number of hydrogen-bond donors (Lipinski definition) is 0. The number of benzene rings is 2. The maximum Gasteiger partial charge on any atom is 0.417 e. The first-order valence-corrected chi connectivity index (χ1v) is 10.3. The van der Waals surface area contributed by atoms with Gasteiger partial charge in [-0.15, -0.1) is 0 Å². The molecular formula is C22H20ClF3N4O. The van der Waals surface area contributed by atoms with Crippen LogP contribution < -0.4 is 4.90 Å². The van der Waals surface area contributed by atoms with Crippen LogP contribution in [0, 0.1) is 0 Å². The number of nitrogens with zero attached hydrogens (tertiary/aromatic N) is 4. The lowest BCUT2D eigenvalue weighted by molar-refractivity contribution is -0.137. The highest BCUT2D eigenvalue weighted by Gasteiger charge is 2.34. The van der Waals surface area contributed by atoms with E-state index in [9.17, 15) is 18.0 Å². The molecule has 0 radical (unpaired) electrons. The molecule has 1 aromatic heterocycles. The maximum absolute atomic E-state index is 13.5. The summed E-state index contributed by atoms with van der Waals surface area (Å²) >= 11 is 6.46. The van der Waals surface area contributed by atoms with Gasteiger partial charge in [-0.1, -0.05) is 36.7 Å². The molecule has 162 valence electrons. The molecule has 2 aromatic carbocycles. The molecule has 0 saturated carbocycles. The van der Waals surface area contributed by atoms with Crippen molar-refractivity contribution in [3.8, 4) is 11.1 Å². The molecule has 0 spiro atoms. The van der Waals surface area contributed by atoms with Crippen LogP contribution in [0.25, 0.3) is 22.0 Å². The van der Waals surface area contributed by atoms with Crippen LogP contribution in [-0.4, -0.2) is 47.0 Å². The number of rotatable bonds is 3. The molecular weight excluding hydrogens is 429 g/mol. The number of piperazine rings is 1. The van der Waals surface area contributed by atoms with Crippen LogP contribution in [-0.2, 0) is 11.0 Å². The van der Waals surface area contributed by atoms with Gasteiger partial charge in [0.1, 0.15) is 12.1 Å². The minimum absolute atomic E-state index is 0.00811. The van der Waals surface area contributed by atoms with Crippen molar-refractivity contribution < 1.29 is 18.0 Å². The molecule has 0 bridgehead atoms. The lowest BCUT2D eigenvalue weighted by Crippen LogP contribution is -2.48. The van der Waals surface area contributed by atoms with E-state index in [1.807, 2.05) is 16.7 Å². The summed E-state index contributed by atoms with van der Waals surface area (Å²) in [5.74, 6) is 0.773. The highest BCUT2D eigenvalue weighted by Crippen LogP contribution is 2.41. The summed E-state index contributed by atoms with van der Waals surface area (Å²) in [5.41, 5.74) is 0.0366. The average Bonchev–Trinajstić information content (AvgIpc) is 2.77. The topological polar surface area (TPSA) is 49.3 Å². The first-order valence-electron chi connectivity index (χ1n) is 9.93. The number of fused-ring (bicyclic) bond motifs is 1. The molecule has 0 unspecified atom stereocenters. The van der Waals surface area contributed by atoms with Crippen LogP contribution >= 0.6 is 11.6 Å². The van der Waals surface area contributed by atoms with E-state index in [0.29, 0.717) is 49.3 Å². The van der Waals surface area contributed by atoms with Gasteiger partial charge in [-0.25, -0.2) is 9.97 Å². The first-order chi connectivity index (χ1) is 14.8. The largest absolute Gasteiger partial charge is 0.417 e. The molecule has 5 nitrogen and oxygen atoms in total. The Kier molecular flexibility index (Phi) is 5.75. The summed E-state index contributed by atoms with van der Waals surface area (Å²) in [4.78, 5) is 24.4. The van der Waals surface area contributed by atoms with E-state index in [2.05, 4.69) is 9.97 Å². The third-order valence-corrected chi connectivity index (χ3v) is 5.77. The van der Waals surface area contributed by atoms with Gasteiger partial charge in [0, 0.05) is 48.6 Å². The monoisotopic (exact) mass is 448 g/mol. The quantitative estimate of drug-likeness (QED) is 0.564. The van der Waals surface area contributed by atoms with Crippen LogP contribution in [0.4, 0.5) is 19.0 Å². The summed E-state index contributed by atoms with van der Waals surface area (Å²) in [6.07, 6.45) is -2.63. The molecule has 1 aliphatic heterocycles. The Hall–Kier alpha value is -2.87. The third-order valence-electron chi connectivity index (χ3n) is 5.46. The van der Waals surface area contributed by atoms with E-state index in [4.69, 9.17) is 11.6 Å².